The van der Waals surface area contributed by atoms with Crippen LogP contribution in [0.1, 0.15) is 33.2 Å². The van der Waals surface area contributed by atoms with Gasteiger partial charge >= 0.3 is 5.97 Å². The normalized spacial score (nSPS) is 10.8. The minimum atomic E-state index is -0.958. The summed E-state index contributed by atoms with van der Waals surface area (Å²) in [5.41, 5.74) is 2.07. The fourth-order valence-corrected chi connectivity index (χ4v) is 2.71. The molecule has 3 aromatic rings. The number of aryl methyl sites for hydroxylation is 1. The maximum Gasteiger partial charge on any atom is 0.338 e. The number of aromatic nitrogens is 1. The summed E-state index contributed by atoms with van der Waals surface area (Å²) in [5, 5.41) is 0.747. The Labute approximate surface area is 142 Å². The highest BCUT2D eigenvalue weighted by atomic mass is 19.1. The second kappa shape index (κ2) is 6.84. The molecule has 0 saturated heterocycles. The number of H-pyrrole nitrogens is 1. The summed E-state index contributed by atoms with van der Waals surface area (Å²) >= 11 is 0. The fraction of sp³-hybridized carbons (Fsp3) is 0.158. The van der Waals surface area contributed by atoms with Crippen molar-refractivity contribution in [2.45, 2.75) is 13.3 Å². The molecule has 0 aliphatic heterocycles. The van der Waals surface area contributed by atoms with Crippen LogP contribution in [0.15, 0.2) is 42.6 Å². The lowest BCUT2D eigenvalue weighted by Crippen LogP contribution is -2.14. The summed E-state index contributed by atoms with van der Waals surface area (Å²) in [6, 6.07) is 7.99. The Hall–Kier alpha value is -3.02. The highest BCUT2D eigenvalue weighted by Gasteiger charge is 2.17. The quantitative estimate of drug-likeness (QED) is 0.562. The van der Waals surface area contributed by atoms with Crippen molar-refractivity contribution in [2.24, 2.45) is 0 Å². The molecular formula is C19H15F2NO3. The van der Waals surface area contributed by atoms with Gasteiger partial charge in [-0.3, -0.25) is 4.79 Å². The number of hydrogen-bond acceptors (Lipinski definition) is 3. The van der Waals surface area contributed by atoms with Crippen molar-refractivity contribution >= 4 is 22.7 Å². The number of carbonyl (C=O) groups excluding carboxylic acids is 2. The Morgan fingerprint density at radius 3 is 2.52 bits per heavy atom. The van der Waals surface area contributed by atoms with Gasteiger partial charge in [0.15, 0.2) is 6.61 Å². The number of esters is 1. The van der Waals surface area contributed by atoms with E-state index < -0.39 is 30.0 Å². The number of hydrogen-bond donors (Lipinski definition) is 1. The average Bonchev–Trinajstić information content (AvgIpc) is 3.02. The molecular weight excluding hydrogens is 328 g/mol. The lowest BCUT2D eigenvalue weighted by atomic mass is 10.1. The van der Waals surface area contributed by atoms with E-state index in [2.05, 4.69) is 4.98 Å². The minimum Gasteiger partial charge on any atom is -0.454 e. The molecule has 4 nitrogen and oxygen atoms in total. The third-order valence-electron chi connectivity index (χ3n) is 3.92. The number of benzene rings is 2. The molecule has 0 spiro atoms. The van der Waals surface area contributed by atoms with E-state index in [0.29, 0.717) is 11.6 Å². The standard InChI is InChI=1S/C19H15F2NO3/c1-2-11-4-3-5-15-16(9-22-18(11)15)17(23)10-25-19(24)12-6-13(20)8-14(21)7-12/h3-9,22H,2,10H2,1H3. The molecule has 0 radical (unpaired) electrons. The first-order valence-electron chi connectivity index (χ1n) is 7.75. The minimum absolute atomic E-state index is 0.280. The van der Waals surface area contributed by atoms with Crippen molar-refractivity contribution in [1.29, 1.82) is 0 Å². The van der Waals surface area contributed by atoms with Crippen LogP contribution in [0.2, 0.25) is 0 Å². The number of fused-ring (bicyclic) bond motifs is 1. The van der Waals surface area contributed by atoms with Crippen LogP contribution in [0.3, 0.4) is 0 Å². The maximum atomic E-state index is 13.1. The Morgan fingerprint density at radius 1 is 1.12 bits per heavy atom. The van der Waals surface area contributed by atoms with E-state index in [9.17, 15) is 18.4 Å². The van der Waals surface area contributed by atoms with Crippen LogP contribution in [0.5, 0.6) is 0 Å². The van der Waals surface area contributed by atoms with Gasteiger partial charge in [-0.25, -0.2) is 13.6 Å². The number of carbonyl (C=O) groups is 2. The average molecular weight is 343 g/mol. The van der Waals surface area contributed by atoms with Gasteiger partial charge in [0.05, 0.1) is 5.56 Å². The van der Waals surface area contributed by atoms with Crippen molar-refractivity contribution in [2.75, 3.05) is 6.61 Å². The van der Waals surface area contributed by atoms with Crippen molar-refractivity contribution in [3.8, 4) is 0 Å². The van der Waals surface area contributed by atoms with E-state index in [-0.39, 0.29) is 5.56 Å². The van der Waals surface area contributed by atoms with Crippen LogP contribution in [-0.2, 0) is 11.2 Å². The smallest absolute Gasteiger partial charge is 0.338 e. The third-order valence-corrected chi connectivity index (χ3v) is 3.92. The molecule has 0 aliphatic carbocycles. The lowest BCUT2D eigenvalue weighted by Gasteiger charge is -2.05. The maximum absolute atomic E-state index is 13.1. The zero-order valence-electron chi connectivity index (χ0n) is 13.4. The van der Waals surface area contributed by atoms with Gasteiger partial charge in [0.25, 0.3) is 0 Å². The number of halogens is 2. The molecule has 3 rings (SSSR count). The predicted octanol–water partition coefficient (Wildman–Crippen LogP) is 4.05. The number of ether oxygens (including phenoxy) is 1. The van der Waals surface area contributed by atoms with E-state index in [0.717, 1.165) is 35.0 Å². The second-order valence-electron chi connectivity index (χ2n) is 5.55. The first kappa shape index (κ1) is 16.8. The summed E-state index contributed by atoms with van der Waals surface area (Å²) in [7, 11) is 0. The first-order valence-corrected chi connectivity index (χ1v) is 7.75. The molecule has 128 valence electrons. The Bertz CT molecular complexity index is 942. The topological polar surface area (TPSA) is 59.2 Å². The van der Waals surface area contributed by atoms with Crippen LogP contribution < -0.4 is 0 Å². The van der Waals surface area contributed by atoms with E-state index in [1.807, 2.05) is 25.1 Å². The van der Waals surface area contributed by atoms with Crippen molar-refractivity contribution in [3.63, 3.8) is 0 Å². The number of Topliss-reactive ketones (excluding diaryl/α,β-unsaturated/α-hetero) is 1. The Balaban J connectivity index is 1.76. The van der Waals surface area contributed by atoms with E-state index in [4.69, 9.17) is 4.74 Å². The van der Waals surface area contributed by atoms with Crippen molar-refractivity contribution in [3.05, 3.63) is 70.9 Å². The van der Waals surface area contributed by atoms with E-state index >= 15 is 0 Å². The molecule has 0 unspecified atom stereocenters. The summed E-state index contributed by atoms with van der Waals surface area (Å²) in [6.45, 7) is 1.50. The Morgan fingerprint density at radius 2 is 1.84 bits per heavy atom. The van der Waals surface area contributed by atoms with Gasteiger partial charge in [-0.2, -0.15) is 0 Å². The second-order valence-corrected chi connectivity index (χ2v) is 5.55. The van der Waals surface area contributed by atoms with Crippen LogP contribution in [-0.4, -0.2) is 23.3 Å². The zero-order valence-corrected chi connectivity index (χ0v) is 13.4. The summed E-state index contributed by atoms with van der Waals surface area (Å²) in [5.74, 6) is -3.13. The highest BCUT2D eigenvalue weighted by molar-refractivity contribution is 6.09. The number of ketones is 1. The van der Waals surface area contributed by atoms with Crippen molar-refractivity contribution < 1.29 is 23.1 Å². The third kappa shape index (κ3) is 3.42. The van der Waals surface area contributed by atoms with E-state index in [1.165, 1.54) is 0 Å². The SMILES string of the molecule is CCc1cccc2c(C(=O)COC(=O)c3cc(F)cc(F)c3)c[nH]c12. The van der Waals surface area contributed by atoms with Crippen LogP contribution >= 0.6 is 0 Å². The molecule has 0 aliphatic rings. The monoisotopic (exact) mass is 343 g/mol. The largest absolute Gasteiger partial charge is 0.454 e. The first-order chi connectivity index (χ1) is 12.0. The molecule has 25 heavy (non-hydrogen) atoms. The molecule has 1 aromatic heterocycles. The number of para-hydroxylation sites is 1. The van der Waals surface area contributed by atoms with Gasteiger partial charge in [0.1, 0.15) is 11.6 Å². The Kier molecular flexibility index (Phi) is 4.61. The van der Waals surface area contributed by atoms with E-state index in [1.54, 1.807) is 6.20 Å². The molecule has 6 heteroatoms. The summed E-state index contributed by atoms with van der Waals surface area (Å²) in [4.78, 5) is 27.3. The van der Waals surface area contributed by atoms with Crippen molar-refractivity contribution in [1.82, 2.24) is 4.98 Å². The molecule has 1 heterocycles. The number of aromatic amines is 1. The summed E-state index contributed by atoms with van der Waals surface area (Å²) < 4.78 is 31.2. The summed E-state index contributed by atoms with van der Waals surface area (Å²) in [6.07, 6.45) is 2.38. The van der Waals surface area contributed by atoms with Gasteiger partial charge in [-0.15, -0.1) is 0 Å². The van der Waals surface area contributed by atoms with Gasteiger partial charge in [0.2, 0.25) is 5.78 Å². The van der Waals surface area contributed by atoms with Gasteiger partial charge in [-0.1, -0.05) is 25.1 Å². The molecule has 1 N–H and O–H groups in total. The van der Waals surface area contributed by atoms with Gasteiger partial charge < -0.3 is 9.72 Å². The molecule has 0 fully saturated rings. The molecule has 0 bridgehead atoms. The lowest BCUT2D eigenvalue weighted by molar-refractivity contribution is 0.0474. The van der Waals surface area contributed by atoms with Gasteiger partial charge in [-0.05, 0) is 24.1 Å². The van der Waals surface area contributed by atoms with Gasteiger partial charge in [0, 0.05) is 28.7 Å². The highest BCUT2D eigenvalue weighted by Crippen LogP contribution is 2.22. The van der Waals surface area contributed by atoms with Crippen LogP contribution in [0.25, 0.3) is 10.9 Å². The predicted molar refractivity (Wildman–Crippen MR) is 88.6 cm³/mol. The number of rotatable bonds is 5. The molecule has 0 atom stereocenters. The van der Waals surface area contributed by atoms with Crippen LogP contribution in [0.4, 0.5) is 8.78 Å². The fourth-order valence-electron chi connectivity index (χ4n) is 2.71. The zero-order chi connectivity index (χ0) is 18.0. The molecule has 0 saturated carbocycles. The molecule has 2 aromatic carbocycles. The number of nitrogens with one attached hydrogen (secondary N) is 1. The van der Waals surface area contributed by atoms with Crippen LogP contribution in [0, 0.1) is 11.6 Å². The molecule has 0 amide bonds.